The number of hydrogen-bond acceptors (Lipinski definition) is 6. The van der Waals surface area contributed by atoms with E-state index >= 15 is 0 Å². The fourth-order valence-corrected chi connectivity index (χ4v) is 1.34. The topological polar surface area (TPSA) is 109 Å². The fourth-order valence-electron chi connectivity index (χ4n) is 1.34. The second kappa shape index (κ2) is 8.46. The van der Waals surface area contributed by atoms with E-state index in [0.717, 1.165) is 0 Å². The Balaban J connectivity index is 2.12. The largest absolute Gasteiger partial charge is 0.476 e. The van der Waals surface area contributed by atoms with Crippen molar-refractivity contribution in [2.45, 2.75) is 6.54 Å². The predicted molar refractivity (Wildman–Crippen MR) is 67.1 cm³/mol. The van der Waals surface area contributed by atoms with E-state index in [0.29, 0.717) is 39.6 Å². The van der Waals surface area contributed by atoms with E-state index in [4.69, 9.17) is 25.1 Å². The Kier molecular flexibility index (Phi) is 6.86. The molecule has 1 heterocycles. The van der Waals surface area contributed by atoms with Gasteiger partial charge in [-0.1, -0.05) is 0 Å². The van der Waals surface area contributed by atoms with E-state index in [1.807, 2.05) is 0 Å². The molecule has 0 amide bonds. The van der Waals surface area contributed by atoms with Crippen LogP contribution in [0.2, 0.25) is 0 Å². The number of aromatic carboxylic acids is 1. The Hall–Kier alpha value is -1.64. The summed E-state index contributed by atoms with van der Waals surface area (Å²) in [6.07, 6.45) is 1.47. The van der Waals surface area contributed by atoms with Crippen LogP contribution in [-0.4, -0.2) is 61.0 Å². The van der Waals surface area contributed by atoms with Gasteiger partial charge >= 0.3 is 5.97 Å². The molecule has 0 spiro atoms. The number of anilines is 1. The molecule has 0 saturated heterocycles. The molecule has 0 radical (unpaired) electrons. The van der Waals surface area contributed by atoms with Gasteiger partial charge in [-0.2, -0.15) is 5.10 Å². The Labute approximate surface area is 111 Å². The summed E-state index contributed by atoms with van der Waals surface area (Å²) in [6.45, 7) is 2.91. The zero-order chi connectivity index (χ0) is 14.1. The summed E-state index contributed by atoms with van der Waals surface area (Å²) < 4.78 is 16.8. The van der Waals surface area contributed by atoms with Crippen molar-refractivity contribution in [1.82, 2.24) is 9.78 Å². The number of carbonyl (C=O) groups is 1. The molecule has 0 aromatic carbocycles. The van der Waals surface area contributed by atoms with Crippen LogP contribution >= 0.6 is 0 Å². The van der Waals surface area contributed by atoms with Gasteiger partial charge in [0.25, 0.3) is 0 Å². The Morgan fingerprint density at radius 3 is 2.53 bits per heavy atom. The maximum Gasteiger partial charge on any atom is 0.358 e. The van der Waals surface area contributed by atoms with Crippen LogP contribution in [0, 0.1) is 0 Å². The average molecular weight is 273 g/mol. The van der Waals surface area contributed by atoms with Crippen molar-refractivity contribution in [2.24, 2.45) is 0 Å². The van der Waals surface area contributed by atoms with Crippen molar-refractivity contribution in [3.8, 4) is 0 Å². The van der Waals surface area contributed by atoms with Crippen molar-refractivity contribution in [3.63, 3.8) is 0 Å². The molecule has 1 aromatic heterocycles. The van der Waals surface area contributed by atoms with Gasteiger partial charge in [0.1, 0.15) is 0 Å². The van der Waals surface area contributed by atoms with Crippen molar-refractivity contribution >= 4 is 11.7 Å². The molecular weight excluding hydrogens is 254 g/mol. The van der Waals surface area contributed by atoms with Crippen molar-refractivity contribution in [1.29, 1.82) is 0 Å². The minimum atomic E-state index is -1.14. The second-order valence-corrected chi connectivity index (χ2v) is 3.72. The monoisotopic (exact) mass is 273 g/mol. The molecule has 1 rings (SSSR count). The summed E-state index contributed by atoms with van der Waals surface area (Å²) in [5.74, 6) is -1.14. The number of nitrogen functional groups attached to an aromatic ring is 1. The molecule has 0 aliphatic rings. The minimum Gasteiger partial charge on any atom is -0.476 e. The molecule has 0 aliphatic heterocycles. The molecule has 8 heteroatoms. The first-order chi connectivity index (χ1) is 9.15. The highest BCUT2D eigenvalue weighted by atomic mass is 16.5. The number of methoxy groups -OCH3 is 1. The van der Waals surface area contributed by atoms with E-state index in [2.05, 4.69) is 5.10 Å². The average Bonchev–Trinajstić information content (AvgIpc) is 2.74. The Morgan fingerprint density at radius 1 is 1.32 bits per heavy atom. The molecule has 0 fully saturated rings. The summed E-state index contributed by atoms with van der Waals surface area (Å²) in [6, 6.07) is 0. The smallest absolute Gasteiger partial charge is 0.358 e. The molecule has 0 atom stereocenters. The fraction of sp³-hybridized carbons (Fsp3) is 0.636. The van der Waals surface area contributed by atoms with Gasteiger partial charge in [-0.3, -0.25) is 4.68 Å². The van der Waals surface area contributed by atoms with Gasteiger partial charge in [0.15, 0.2) is 5.69 Å². The van der Waals surface area contributed by atoms with Crippen LogP contribution in [0.1, 0.15) is 10.5 Å². The molecular formula is C11H19N3O5. The molecule has 1 aromatic rings. The molecule has 0 saturated carbocycles. The number of carboxylic acid groups (broad SMARTS) is 1. The highest BCUT2D eigenvalue weighted by Crippen LogP contribution is 2.08. The van der Waals surface area contributed by atoms with Gasteiger partial charge in [0, 0.05) is 13.3 Å². The van der Waals surface area contributed by atoms with Crippen LogP contribution in [0.25, 0.3) is 0 Å². The predicted octanol–water partition coefficient (Wildman–Crippen LogP) is -0.157. The summed E-state index contributed by atoms with van der Waals surface area (Å²) >= 11 is 0. The molecule has 3 N–H and O–H groups in total. The number of nitrogens with two attached hydrogens (primary N) is 1. The summed E-state index contributed by atoms with van der Waals surface area (Å²) in [7, 11) is 1.61. The molecule has 0 aliphatic carbocycles. The third-order valence-electron chi connectivity index (χ3n) is 2.26. The number of nitrogens with zero attached hydrogens (tertiary/aromatic N) is 2. The van der Waals surface area contributed by atoms with Gasteiger partial charge in [0.05, 0.1) is 45.3 Å². The Morgan fingerprint density at radius 2 is 1.95 bits per heavy atom. The molecule has 19 heavy (non-hydrogen) atoms. The van der Waals surface area contributed by atoms with Crippen molar-refractivity contribution < 1.29 is 24.1 Å². The van der Waals surface area contributed by atoms with E-state index < -0.39 is 5.97 Å². The van der Waals surface area contributed by atoms with E-state index in [1.54, 1.807) is 7.11 Å². The maximum absolute atomic E-state index is 10.7. The van der Waals surface area contributed by atoms with Crippen LogP contribution in [0.5, 0.6) is 0 Å². The zero-order valence-electron chi connectivity index (χ0n) is 10.9. The number of rotatable bonds is 10. The van der Waals surface area contributed by atoms with Gasteiger partial charge in [-0.15, -0.1) is 0 Å². The number of carboxylic acids is 1. The van der Waals surface area contributed by atoms with Crippen LogP contribution in [0.4, 0.5) is 5.69 Å². The van der Waals surface area contributed by atoms with Gasteiger partial charge < -0.3 is 25.1 Å². The van der Waals surface area contributed by atoms with E-state index in [1.165, 1.54) is 10.9 Å². The SMILES string of the molecule is COCCOCCOCCn1cc(N)c(C(=O)O)n1. The highest BCUT2D eigenvalue weighted by Gasteiger charge is 2.12. The Bertz CT molecular complexity index is 394. The molecule has 0 bridgehead atoms. The first-order valence-electron chi connectivity index (χ1n) is 5.85. The third kappa shape index (κ3) is 5.69. The molecule has 108 valence electrons. The van der Waals surface area contributed by atoms with Crippen LogP contribution in [0.15, 0.2) is 6.20 Å². The van der Waals surface area contributed by atoms with Gasteiger partial charge in [-0.25, -0.2) is 4.79 Å². The normalized spacial score (nSPS) is 10.8. The van der Waals surface area contributed by atoms with Crippen LogP contribution in [0.3, 0.4) is 0 Å². The van der Waals surface area contributed by atoms with Crippen LogP contribution in [-0.2, 0) is 20.8 Å². The lowest BCUT2D eigenvalue weighted by atomic mass is 10.4. The zero-order valence-corrected chi connectivity index (χ0v) is 10.9. The lowest BCUT2D eigenvalue weighted by Gasteiger charge is -2.05. The lowest BCUT2D eigenvalue weighted by molar-refractivity contribution is 0.0225. The summed E-state index contributed by atoms with van der Waals surface area (Å²) in [5, 5.41) is 12.6. The lowest BCUT2D eigenvalue weighted by Crippen LogP contribution is -2.12. The van der Waals surface area contributed by atoms with Gasteiger partial charge in [-0.05, 0) is 0 Å². The number of aromatic nitrogens is 2. The quantitative estimate of drug-likeness (QED) is 0.570. The van der Waals surface area contributed by atoms with Crippen molar-refractivity contribution in [3.05, 3.63) is 11.9 Å². The van der Waals surface area contributed by atoms with E-state index in [-0.39, 0.29) is 11.4 Å². The first kappa shape index (κ1) is 15.4. The van der Waals surface area contributed by atoms with Crippen molar-refractivity contribution in [2.75, 3.05) is 45.9 Å². The third-order valence-corrected chi connectivity index (χ3v) is 2.26. The maximum atomic E-state index is 10.7. The van der Waals surface area contributed by atoms with Crippen LogP contribution < -0.4 is 5.73 Å². The number of ether oxygens (including phenoxy) is 3. The minimum absolute atomic E-state index is 0.136. The molecule has 0 unspecified atom stereocenters. The highest BCUT2D eigenvalue weighted by molar-refractivity contribution is 5.91. The molecule has 8 nitrogen and oxygen atoms in total. The summed E-state index contributed by atoms with van der Waals surface area (Å²) in [4.78, 5) is 10.7. The number of hydrogen-bond donors (Lipinski definition) is 2. The van der Waals surface area contributed by atoms with Gasteiger partial charge in [0.2, 0.25) is 0 Å². The summed E-state index contributed by atoms with van der Waals surface area (Å²) in [5.41, 5.74) is 5.52. The van der Waals surface area contributed by atoms with E-state index in [9.17, 15) is 4.79 Å². The first-order valence-corrected chi connectivity index (χ1v) is 5.85. The standard InChI is InChI=1S/C11H19N3O5/c1-17-4-5-19-7-6-18-3-2-14-8-9(12)10(13-14)11(15)16/h8H,2-7,12H2,1H3,(H,15,16). The second-order valence-electron chi connectivity index (χ2n) is 3.72.